The first-order valence-electron chi connectivity index (χ1n) is 8.02. The average Bonchev–Trinajstić information content (AvgIpc) is 3.02. The van der Waals surface area contributed by atoms with Crippen molar-refractivity contribution in [2.24, 2.45) is 0 Å². The predicted molar refractivity (Wildman–Crippen MR) is 93.3 cm³/mol. The summed E-state index contributed by atoms with van der Waals surface area (Å²) in [5.74, 6) is 0.0628. The highest BCUT2D eigenvalue weighted by Gasteiger charge is 2.27. The Labute approximate surface area is 142 Å². The van der Waals surface area contributed by atoms with Gasteiger partial charge < -0.3 is 5.32 Å². The fourth-order valence-corrected chi connectivity index (χ4v) is 3.37. The minimum atomic E-state index is 0.0628. The van der Waals surface area contributed by atoms with Crippen LogP contribution in [-0.4, -0.2) is 23.9 Å². The smallest absolute Gasteiger partial charge is 0.234 e. The maximum Gasteiger partial charge on any atom is 0.234 e. The molecule has 1 amide bonds. The van der Waals surface area contributed by atoms with Crippen LogP contribution in [0.15, 0.2) is 54.6 Å². The van der Waals surface area contributed by atoms with Crippen molar-refractivity contribution < 1.29 is 4.79 Å². The zero-order chi connectivity index (χ0) is 16.1. The SMILES string of the molecule is O=C(CN1CCCC1c1ccccc1)NCc1cccc(Cl)c1. The molecule has 2 aromatic rings. The molecule has 23 heavy (non-hydrogen) atoms. The molecule has 1 unspecified atom stereocenters. The van der Waals surface area contributed by atoms with E-state index in [1.807, 2.05) is 30.3 Å². The van der Waals surface area contributed by atoms with Crippen LogP contribution in [-0.2, 0) is 11.3 Å². The number of halogens is 1. The molecular formula is C19H21ClN2O. The summed E-state index contributed by atoms with van der Waals surface area (Å²) in [5.41, 5.74) is 2.32. The van der Waals surface area contributed by atoms with E-state index in [4.69, 9.17) is 11.6 Å². The van der Waals surface area contributed by atoms with Crippen LogP contribution in [0.2, 0.25) is 5.02 Å². The summed E-state index contributed by atoms with van der Waals surface area (Å²) in [6.45, 7) is 1.94. The summed E-state index contributed by atoms with van der Waals surface area (Å²) in [7, 11) is 0. The number of rotatable bonds is 5. The Hall–Kier alpha value is -1.84. The Morgan fingerprint density at radius 2 is 2.00 bits per heavy atom. The molecule has 1 heterocycles. The lowest BCUT2D eigenvalue weighted by Crippen LogP contribution is -2.36. The largest absolute Gasteiger partial charge is 0.351 e. The Balaban J connectivity index is 1.55. The predicted octanol–water partition coefficient (Wildman–Crippen LogP) is 3.79. The molecule has 0 aromatic heterocycles. The molecule has 1 aliphatic rings. The molecule has 1 N–H and O–H groups in total. The molecule has 1 atom stereocenters. The summed E-state index contributed by atoms with van der Waals surface area (Å²) in [6.07, 6.45) is 2.26. The lowest BCUT2D eigenvalue weighted by Gasteiger charge is -2.24. The van der Waals surface area contributed by atoms with E-state index in [2.05, 4.69) is 34.5 Å². The third-order valence-electron chi connectivity index (χ3n) is 4.27. The minimum absolute atomic E-state index is 0.0628. The first kappa shape index (κ1) is 16.0. The van der Waals surface area contributed by atoms with Crippen LogP contribution in [0, 0.1) is 0 Å². The van der Waals surface area contributed by atoms with E-state index in [-0.39, 0.29) is 5.91 Å². The van der Waals surface area contributed by atoms with Gasteiger partial charge in [-0.1, -0.05) is 54.1 Å². The van der Waals surface area contributed by atoms with Gasteiger partial charge in [0, 0.05) is 17.6 Å². The highest BCUT2D eigenvalue weighted by molar-refractivity contribution is 6.30. The second-order valence-electron chi connectivity index (χ2n) is 5.95. The molecule has 1 fully saturated rings. The van der Waals surface area contributed by atoms with E-state index >= 15 is 0 Å². The summed E-state index contributed by atoms with van der Waals surface area (Å²) in [4.78, 5) is 14.5. The van der Waals surface area contributed by atoms with Gasteiger partial charge in [0.25, 0.3) is 0 Å². The molecule has 0 radical (unpaired) electrons. The van der Waals surface area contributed by atoms with Crippen molar-refractivity contribution in [3.63, 3.8) is 0 Å². The fraction of sp³-hybridized carbons (Fsp3) is 0.316. The lowest BCUT2D eigenvalue weighted by atomic mass is 10.0. The first-order valence-corrected chi connectivity index (χ1v) is 8.40. The van der Waals surface area contributed by atoms with Crippen LogP contribution < -0.4 is 5.32 Å². The highest BCUT2D eigenvalue weighted by Crippen LogP contribution is 2.31. The number of hydrogen-bond acceptors (Lipinski definition) is 2. The Morgan fingerprint density at radius 1 is 1.17 bits per heavy atom. The zero-order valence-electron chi connectivity index (χ0n) is 13.0. The van der Waals surface area contributed by atoms with Crippen molar-refractivity contribution in [3.8, 4) is 0 Å². The van der Waals surface area contributed by atoms with Gasteiger partial charge in [-0.15, -0.1) is 0 Å². The maximum absolute atomic E-state index is 12.2. The van der Waals surface area contributed by atoms with E-state index in [0.29, 0.717) is 24.2 Å². The third-order valence-corrected chi connectivity index (χ3v) is 4.51. The van der Waals surface area contributed by atoms with Crippen LogP contribution >= 0.6 is 11.6 Å². The highest BCUT2D eigenvalue weighted by atomic mass is 35.5. The van der Waals surface area contributed by atoms with Crippen LogP contribution in [0.4, 0.5) is 0 Å². The number of carbonyl (C=O) groups is 1. The molecule has 1 aliphatic heterocycles. The number of carbonyl (C=O) groups excluding carboxylic acids is 1. The Morgan fingerprint density at radius 3 is 2.78 bits per heavy atom. The number of hydrogen-bond donors (Lipinski definition) is 1. The Bertz CT molecular complexity index is 659. The Kier molecular flexibility index (Phi) is 5.31. The van der Waals surface area contributed by atoms with Crippen molar-refractivity contribution in [2.45, 2.75) is 25.4 Å². The number of benzene rings is 2. The molecule has 0 spiro atoms. The second-order valence-corrected chi connectivity index (χ2v) is 6.38. The molecule has 0 saturated carbocycles. The summed E-state index contributed by atoms with van der Waals surface area (Å²) in [5, 5.41) is 3.68. The fourth-order valence-electron chi connectivity index (χ4n) is 3.16. The summed E-state index contributed by atoms with van der Waals surface area (Å²) < 4.78 is 0. The van der Waals surface area contributed by atoms with E-state index in [1.54, 1.807) is 0 Å². The normalized spacial score (nSPS) is 18.0. The topological polar surface area (TPSA) is 32.3 Å². The second kappa shape index (κ2) is 7.62. The van der Waals surface area contributed by atoms with E-state index in [0.717, 1.165) is 24.9 Å². The van der Waals surface area contributed by atoms with Crippen LogP contribution in [0.25, 0.3) is 0 Å². The van der Waals surface area contributed by atoms with Crippen LogP contribution in [0.5, 0.6) is 0 Å². The molecule has 0 bridgehead atoms. The zero-order valence-corrected chi connectivity index (χ0v) is 13.8. The molecule has 120 valence electrons. The molecule has 3 rings (SSSR count). The van der Waals surface area contributed by atoms with Gasteiger partial charge in [-0.3, -0.25) is 9.69 Å². The standard InChI is InChI=1S/C19H21ClN2O/c20-17-9-4-6-15(12-17)13-21-19(23)14-22-11-5-10-18(22)16-7-2-1-3-8-16/h1-4,6-9,12,18H,5,10-11,13-14H2,(H,21,23). The summed E-state index contributed by atoms with van der Waals surface area (Å²) in [6, 6.07) is 18.4. The van der Waals surface area contributed by atoms with Crippen molar-refractivity contribution in [3.05, 3.63) is 70.7 Å². The van der Waals surface area contributed by atoms with Gasteiger partial charge >= 0.3 is 0 Å². The maximum atomic E-state index is 12.2. The molecular weight excluding hydrogens is 308 g/mol. The van der Waals surface area contributed by atoms with Crippen molar-refractivity contribution in [2.75, 3.05) is 13.1 Å². The molecule has 2 aromatic carbocycles. The quantitative estimate of drug-likeness (QED) is 0.905. The number of nitrogens with one attached hydrogen (secondary N) is 1. The molecule has 4 heteroatoms. The number of amides is 1. The van der Waals surface area contributed by atoms with Crippen molar-refractivity contribution >= 4 is 17.5 Å². The number of nitrogens with zero attached hydrogens (tertiary/aromatic N) is 1. The van der Waals surface area contributed by atoms with E-state index in [9.17, 15) is 4.79 Å². The van der Waals surface area contributed by atoms with Crippen molar-refractivity contribution in [1.29, 1.82) is 0 Å². The third kappa shape index (κ3) is 4.34. The van der Waals surface area contributed by atoms with Gasteiger partial charge in [0.15, 0.2) is 0 Å². The average molecular weight is 329 g/mol. The van der Waals surface area contributed by atoms with E-state index < -0.39 is 0 Å². The van der Waals surface area contributed by atoms with Crippen LogP contribution in [0.3, 0.4) is 0 Å². The van der Waals surface area contributed by atoms with Gasteiger partial charge in [0.1, 0.15) is 0 Å². The van der Waals surface area contributed by atoms with E-state index in [1.165, 1.54) is 5.56 Å². The van der Waals surface area contributed by atoms with Gasteiger partial charge in [0.05, 0.1) is 6.54 Å². The lowest BCUT2D eigenvalue weighted by molar-refractivity contribution is -0.122. The minimum Gasteiger partial charge on any atom is -0.351 e. The van der Waals surface area contributed by atoms with Crippen molar-refractivity contribution in [1.82, 2.24) is 10.2 Å². The van der Waals surface area contributed by atoms with Gasteiger partial charge in [0.2, 0.25) is 5.91 Å². The summed E-state index contributed by atoms with van der Waals surface area (Å²) >= 11 is 5.96. The monoisotopic (exact) mass is 328 g/mol. The number of likely N-dealkylation sites (tertiary alicyclic amines) is 1. The van der Waals surface area contributed by atoms with Gasteiger partial charge in [-0.2, -0.15) is 0 Å². The first-order chi connectivity index (χ1) is 11.2. The molecule has 0 aliphatic carbocycles. The molecule has 3 nitrogen and oxygen atoms in total. The van der Waals surface area contributed by atoms with Gasteiger partial charge in [-0.25, -0.2) is 0 Å². The van der Waals surface area contributed by atoms with Crippen LogP contribution in [0.1, 0.15) is 30.0 Å². The molecule has 1 saturated heterocycles. The van der Waals surface area contributed by atoms with Gasteiger partial charge in [-0.05, 0) is 42.6 Å².